The predicted octanol–water partition coefficient (Wildman–Crippen LogP) is 4.07. The fourth-order valence-electron chi connectivity index (χ4n) is 1.22. The topological polar surface area (TPSA) is 12.9 Å². The molecule has 0 saturated heterocycles. The van der Waals surface area contributed by atoms with Crippen molar-refractivity contribution in [2.75, 3.05) is 0 Å². The van der Waals surface area contributed by atoms with Crippen molar-refractivity contribution >= 4 is 11.8 Å². The van der Waals surface area contributed by atoms with Crippen molar-refractivity contribution in [3.05, 3.63) is 53.4 Å². The van der Waals surface area contributed by atoms with E-state index < -0.39 is 40.1 Å². The van der Waals surface area contributed by atoms with Crippen LogP contribution in [-0.2, 0) is 0 Å². The Balaban J connectivity index is 2.46. The van der Waals surface area contributed by atoms with Crippen LogP contribution in [0.2, 0.25) is 0 Å². The van der Waals surface area contributed by atoms with Gasteiger partial charge in [0.15, 0.2) is 23.3 Å². The van der Waals surface area contributed by atoms with E-state index in [0.29, 0.717) is 6.07 Å². The molecule has 0 radical (unpaired) electrons. The first-order valence-corrected chi connectivity index (χ1v) is 5.54. The Morgan fingerprint density at radius 2 is 1.37 bits per heavy atom. The minimum absolute atomic E-state index is 0.123. The molecule has 8 heteroatoms. The van der Waals surface area contributed by atoms with Crippen LogP contribution < -0.4 is 0 Å². The quantitative estimate of drug-likeness (QED) is 0.612. The molecule has 1 aromatic heterocycles. The highest BCUT2D eigenvalue weighted by atomic mass is 32.2. The van der Waals surface area contributed by atoms with Gasteiger partial charge in [-0.2, -0.15) is 13.8 Å². The molecule has 1 heterocycles. The molecular formula is C11H3F6NS. The smallest absolute Gasteiger partial charge is 0.204 e. The van der Waals surface area contributed by atoms with Crippen LogP contribution in [0, 0.1) is 35.2 Å². The molecule has 0 unspecified atom stereocenters. The van der Waals surface area contributed by atoms with Crippen molar-refractivity contribution < 1.29 is 26.3 Å². The molecule has 0 atom stereocenters. The molecule has 0 spiro atoms. The third kappa shape index (κ3) is 2.67. The van der Waals surface area contributed by atoms with Gasteiger partial charge in [-0.3, -0.25) is 0 Å². The minimum Gasteiger partial charge on any atom is -0.204 e. The summed E-state index contributed by atoms with van der Waals surface area (Å²) in [5.74, 6) is -9.44. The van der Waals surface area contributed by atoms with Crippen molar-refractivity contribution in [3.8, 4) is 0 Å². The summed E-state index contributed by atoms with van der Waals surface area (Å²) in [6.45, 7) is 0. The van der Waals surface area contributed by atoms with Crippen LogP contribution in [0.5, 0.6) is 0 Å². The van der Waals surface area contributed by atoms with Crippen LogP contribution in [0.4, 0.5) is 26.3 Å². The second kappa shape index (κ2) is 5.12. The van der Waals surface area contributed by atoms with Crippen LogP contribution in [-0.4, -0.2) is 4.98 Å². The normalized spacial score (nSPS) is 10.8. The van der Waals surface area contributed by atoms with E-state index in [4.69, 9.17) is 0 Å². The third-order valence-corrected chi connectivity index (χ3v) is 3.12. The maximum Gasteiger partial charge on any atom is 0.252 e. The van der Waals surface area contributed by atoms with Gasteiger partial charge < -0.3 is 0 Å². The molecule has 100 valence electrons. The number of rotatable bonds is 2. The van der Waals surface area contributed by atoms with E-state index in [0.717, 1.165) is 12.1 Å². The lowest BCUT2D eigenvalue weighted by Crippen LogP contribution is -2.02. The molecule has 1 aromatic carbocycles. The standard InChI is InChI=1S/C11H3F6NS/c12-5-2-1-4(3-6(5)13)19-9-7(14)10(16)18-11(17)8(9)15/h1-3H. The lowest BCUT2D eigenvalue weighted by atomic mass is 10.3. The van der Waals surface area contributed by atoms with Gasteiger partial charge in [0, 0.05) is 4.90 Å². The maximum absolute atomic E-state index is 13.3. The van der Waals surface area contributed by atoms with Gasteiger partial charge in [-0.1, -0.05) is 11.8 Å². The maximum atomic E-state index is 13.3. The second-order valence-electron chi connectivity index (χ2n) is 3.33. The van der Waals surface area contributed by atoms with Crippen LogP contribution in [0.3, 0.4) is 0 Å². The Morgan fingerprint density at radius 1 is 0.789 bits per heavy atom. The molecule has 0 fully saturated rings. The molecule has 0 bridgehead atoms. The van der Waals surface area contributed by atoms with Gasteiger partial charge in [0.2, 0.25) is 0 Å². The first-order chi connectivity index (χ1) is 8.90. The molecule has 0 amide bonds. The molecule has 0 saturated carbocycles. The zero-order chi connectivity index (χ0) is 14.2. The highest BCUT2D eigenvalue weighted by Gasteiger charge is 2.21. The van der Waals surface area contributed by atoms with Gasteiger partial charge in [0.1, 0.15) is 0 Å². The number of pyridine rings is 1. The molecule has 2 aromatic rings. The van der Waals surface area contributed by atoms with Crippen molar-refractivity contribution in [2.45, 2.75) is 9.79 Å². The first kappa shape index (κ1) is 13.7. The van der Waals surface area contributed by atoms with E-state index in [2.05, 4.69) is 4.98 Å². The Morgan fingerprint density at radius 3 is 1.89 bits per heavy atom. The summed E-state index contributed by atoms with van der Waals surface area (Å²) in [5.41, 5.74) is 0. The summed E-state index contributed by atoms with van der Waals surface area (Å²) in [5, 5.41) is 0. The van der Waals surface area contributed by atoms with Gasteiger partial charge in [0.25, 0.3) is 11.9 Å². The summed E-state index contributed by atoms with van der Waals surface area (Å²) in [7, 11) is 0. The fraction of sp³-hybridized carbons (Fsp3) is 0. The van der Waals surface area contributed by atoms with Gasteiger partial charge in [0.05, 0.1) is 4.90 Å². The molecular weight excluding hydrogens is 292 g/mol. The van der Waals surface area contributed by atoms with Gasteiger partial charge in [-0.25, -0.2) is 17.6 Å². The number of halogens is 6. The fourth-order valence-corrected chi connectivity index (χ4v) is 2.10. The van der Waals surface area contributed by atoms with Gasteiger partial charge in [-0.15, -0.1) is 0 Å². The lowest BCUT2D eigenvalue weighted by Gasteiger charge is -2.06. The Hall–Kier alpha value is -1.70. The first-order valence-electron chi connectivity index (χ1n) is 4.73. The molecule has 0 aliphatic heterocycles. The van der Waals surface area contributed by atoms with E-state index in [-0.39, 0.29) is 16.7 Å². The largest absolute Gasteiger partial charge is 0.252 e. The van der Waals surface area contributed by atoms with E-state index in [1.807, 2.05) is 0 Å². The minimum atomic E-state index is -1.82. The third-order valence-electron chi connectivity index (χ3n) is 2.07. The Kier molecular flexibility index (Phi) is 3.70. The lowest BCUT2D eigenvalue weighted by molar-refractivity contribution is 0.383. The van der Waals surface area contributed by atoms with Gasteiger partial charge in [-0.05, 0) is 18.2 Å². The van der Waals surface area contributed by atoms with Crippen molar-refractivity contribution in [2.24, 2.45) is 0 Å². The molecule has 0 aliphatic carbocycles. The number of aromatic nitrogens is 1. The van der Waals surface area contributed by atoms with E-state index in [9.17, 15) is 26.3 Å². The summed E-state index contributed by atoms with van der Waals surface area (Å²) in [6, 6.07) is 2.38. The number of benzene rings is 1. The average Bonchev–Trinajstić information content (AvgIpc) is 2.36. The van der Waals surface area contributed by atoms with Gasteiger partial charge >= 0.3 is 0 Å². The molecule has 1 nitrogen and oxygen atoms in total. The van der Waals surface area contributed by atoms with Crippen LogP contribution in [0.1, 0.15) is 0 Å². The highest BCUT2D eigenvalue weighted by molar-refractivity contribution is 7.99. The average molecular weight is 295 g/mol. The Bertz CT molecular complexity index is 619. The van der Waals surface area contributed by atoms with Crippen LogP contribution >= 0.6 is 11.8 Å². The molecule has 0 aliphatic rings. The van der Waals surface area contributed by atoms with Crippen molar-refractivity contribution in [1.82, 2.24) is 4.98 Å². The van der Waals surface area contributed by atoms with E-state index >= 15 is 0 Å². The van der Waals surface area contributed by atoms with Crippen molar-refractivity contribution in [3.63, 3.8) is 0 Å². The van der Waals surface area contributed by atoms with Crippen molar-refractivity contribution in [1.29, 1.82) is 0 Å². The predicted molar refractivity (Wildman–Crippen MR) is 54.5 cm³/mol. The van der Waals surface area contributed by atoms with Crippen LogP contribution in [0.15, 0.2) is 28.0 Å². The van der Waals surface area contributed by atoms with E-state index in [1.165, 1.54) is 0 Å². The molecule has 0 N–H and O–H groups in total. The summed E-state index contributed by atoms with van der Waals surface area (Å²) < 4.78 is 77.8. The second-order valence-corrected chi connectivity index (χ2v) is 4.41. The number of nitrogens with zero attached hydrogens (tertiary/aromatic N) is 1. The zero-order valence-electron chi connectivity index (χ0n) is 8.86. The number of hydrogen-bond donors (Lipinski definition) is 0. The SMILES string of the molecule is Fc1ccc(Sc2c(F)c(F)nc(F)c2F)cc1F. The number of hydrogen-bond acceptors (Lipinski definition) is 2. The summed E-state index contributed by atoms with van der Waals surface area (Å²) in [6.07, 6.45) is 0. The molecule has 2 rings (SSSR count). The van der Waals surface area contributed by atoms with Crippen LogP contribution in [0.25, 0.3) is 0 Å². The van der Waals surface area contributed by atoms with E-state index in [1.54, 1.807) is 0 Å². The Labute approximate surface area is 107 Å². The zero-order valence-corrected chi connectivity index (χ0v) is 9.67. The molecule has 19 heavy (non-hydrogen) atoms. The monoisotopic (exact) mass is 295 g/mol. The summed E-state index contributed by atoms with van der Waals surface area (Å²) >= 11 is 0.215. The highest BCUT2D eigenvalue weighted by Crippen LogP contribution is 2.33. The summed E-state index contributed by atoms with van der Waals surface area (Å²) in [4.78, 5) is 1.23.